The van der Waals surface area contributed by atoms with Gasteiger partial charge in [0.2, 0.25) is 21.8 Å². The molecule has 0 bridgehead atoms. The number of hydrogen-bond donors (Lipinski definition) is 1. The Hall–Kier alpha value is -3.07. The van der Waals surface area contributed by atoms with Gasteiger partial charge in [-0.15, -0.1) is 0 Å². The molecule has 37 heavy (non-hydrogen) atoms. The quantitative estimate of drug-likeness (QED) is 0.441. The lowest BCUT2D eigenvalue weighted by Crippen LogP contribution is -2.52. The van der Waals surface area contributed by atoms with Gasteiger partial charge in [-0.3, -0.25) is 13.9 Å². The average molecular weight is 532 g/mol. The van der Waals surface area contributed by atoms with Crippen molar-refractivity contribution in [2.24, 2.45) is 0 Å². The predicted molar refractivity (Wildman–Crippen MR) is 148 cm³/mol. The van der Waals surface area contributed by atoms with E-state index in [1.165, 1.54) is 4.31 Å². The van der Waals surface area contributed by atoms with Crippen LogP contribution in [-0.4, -0.2) is 56.1 Å². The summed E-state index contributed by atoms with van der Waals surface area (Å²) in [6, 6.07) is 14.0. The third kappa shape index (κ3) is 9.72. The van der Waals surface area contributed by atoms with Crippen LogP contribution in [0.3, 0.4) is 0 Å². The van der Waals surface area contributed by atoms with E-state index in [1.54, 1.807) is 36.1 Å². The number of amides is 2. The van der Waals surface area contributed by atoms with Crippen molar-refractivity contribution in [3.05, 3.63) is 59.7 Å². The number of sulfonamides is 1. The van der Waals surface area contributed by atoms with Crippen molar-refractivity contribution in [1.29, 1.82) is 0 Å². The summed E-state index contributed by atoms with van der Waals surface area (Å²) in [6.07, 6.45) is 1.55. The second-order valence-corrected chi connectivity index (χ2v) is 12.2. The van der Waals surface area contributed by atoms with Gasteiger partial charge in [0.25, 0.3) is 0 Å². The van der Waals surface area contributed by atoms with Gasteiger partial charge >= 0.3 is 0 Å². The number of hydrogen-bond acceptors (Lipinski definition) is 5. The maximum atomic E-state index is 13.4. The van der Waals surface area contributed by atoms with Crippen LogP contribution in [0.1, 0.15) is 58.6 Å². The van der Waals surface area contributed by atoms with E-state index < -0.39 is 21.6 Å². The molecule has 8 nitrogen and oxygen atoms in total. The highest BCUT2D eigenvalue weighted by molar-refractivity contribution is 7.92. The second-order valence-electron chi connectivity index (χ2n) is 10.3. The molecular weight excluding hydrogens is 490 g/mol. The summed E-state index contributed by atoms with van der Waals surface area (Å²) in [4.78, 5) is 27.9. The van der Waals surface area contributed by atoms with E-state index in [2.05, 4.69) is 5.32 Å². The number of ether oxygens (including phenoxy) is 1. The number of anilines is 1. The molecule has 0 heterocycles. The third-order valence-electron chi connectivity index (χ3n) is 5.73. The van der Waals surface area contributed by atoms with Gasteiger partial charge in [0.15, 0.2) is 0 Å². The largest absolute Gasteiger partial charge is 0.494 e. The van der Waals surface area contributed by atoms with Crippen LogP contribution in [-0.2, 0) is 26.2 Å². The van der Waals surface area contributed by atoms with Crippen LogP contribution in [0.15, 0.2) is 48.5 Å². The highest BCUT2D eigenvalue weighted by Gasteiger charge is 2.28. The molecule has 0 saturated carbocycles. The van der Waals surface area contributed by atoms with Crippen molar-refractivity contribution in [3.8, 4) is 5.75 Å². The Labute approximate surface area is 222 Å². The van der Waals surface area contributed by atoms with Crippen LogP contribution in [0.25, 0.3) is 0 Å². The molecule has 1 atom stereocenters. The van der Waals surface area contributed by atoms with Crippen LogP contribution < -0.4 is 14.4 Å². The predicted octanol–water partition coefficient (Wildman–Crippen LogP) is 4.27. The van der Waals surface area contributed by atoms with Crippen molar-refractivity contribution >= 4 is 27.5 Å². The summed E-state index contributed by atoms with van der Waals surface area (Å²) in [7, 11) is -3.56. The molecule has 9 heteroatoms. The molecule has 2 aromatic rings. The van der Waals surface area contributed by atoms with Crippen molar-refractivity contribution in [2.45, 2.75) is 72.5 Å². The first-order valence-electron chi connectivity index (χ1n) is 12.6. The number of carbonyl (C=O) groups excluding carboxylic acids is 2. The summed E-state index contributed by atoms with van der Waals surface area (Å²) < 4.78 is 31.7. The smallest absolute Gasteiger partial charge is 0.242 e. The van der Waals surface area contributed by atoms with Crippen molar-refractivity contribution < 1.29 is 22.7 Å². The van der Waals surface area contributed by atoms with E-state index in [0.717, 1.165) is 17.4 Å². The van der Waals surface area contributed by atoms with Gasteiger partial charge < -0.3 is 15.0 Å². The van der Waals surface area contributed by atoms with E-state index in [-0.39, 0.29) is 31.3 Å². The number of nitrogens with one attached hydrogen (secondary N) is 1. The summed E-state index contributed by atoms with van der Waals surface area (Å²) in [5, 5.41) is 2.95. The highest BCUT2D eigenvalue weighted by Crippen LogP contribution is 2.23. The molecule has 0 spiro atoms. The van der Waals surface area contributed by atoms with E-state index in [4.69, 9.17) is 4.74 Å². The lowest BCUT2D eigenvalue weighted by molar-refractivity contribution is -0.141. The van der Waals surface area contributed by atoms with Crippen molar-refractivity contribution in [1.82, 2.24) is 10.2 Å². The molecule has 204 valence electrons. The Morgan fingerprint density at radius 1 is 1.03 bits per heavy atom. The summed E-state index contributed by atoms with van der Waals surface area (Å²) in [5.41, 5.74) is 2.10. The zero-order chi connectivity index (χ0) is 27.8. The van der Waals surface area contributed by atoms with E-state index in [9.17, 15) is 18.0 Å². The van der Waals surface area contributed by atoms with Crippen LogP contribution in [0.4, 0.5) is 5.69 Å². The van der Waals surface area contributed by atoms with Gasteiger partial charge in [-0.2, -0.15) is 0 Å². The third-order valence-corrected chi connectivity index (χ3v) is 6.92. The Kier molecular flexibility index (Phi) is 10.5. The van der Waals surface area contributed by atoms with Crippen LogP contribution in [0, 0.1) is 6.92 Å². The first-order valence-corrected chi connectivity index (χ1v) is 14.4. The lowest BCUT2D eigenvalue weighted by Gasteiger charge is -2.32. The maximum absolute atomic E-state index is 13.4. The maximum Gasteiger partial charge on any atom is 0.242 e. The van der Waals surface area contributed by atoms with E-state index in [1.807, 2.05) is 58.9 Å². The van der Waals surface area contributed by atoms with Gasteiger partial charge in [-0.05, 0) is 77.8 Å². The topological polar surface area (TPSA) is 96.0 Å². The Bertz CT molecular complexity index is 1140. The number of rotatable bonds is 12. The van der Waals surface area contributed by atoms with Gasteiger partial charge in [0, 0.05) is 25.0 Å². The van der Waals surface area contributed by atoms with Crippen molar-refractivity contribution in [2.75, 3.05) is 23.7 Å². The van der Waals surface area contributed by atoms with Gasteiger partial charge in [0.1, 0.15) is 11.8 Å². The molecule has 0 aromatic heterocycles. The minimum Gasteiger partial charge on any atom is -0.494 e. The molecule has 0 aliphatic heterocycles. The highest BCUT2D eigenvalue weighted by atomic mass is 32.2. The first kappa shape index (κ1) is 30.2. The molecule has 0 radical (unpaired) electrons. The number of benzene rings is 2. The molecule has 0 aliphatic rings. The number of carbonyl (C=O) groups is 2. The Morgan fingerprint density at radius 3 is 2.14 bits per heavy atom. The zero-order valence-electron chi connectivity index (χ0n) is 23.1. The normalized spacial score (nSPS) is 12.5. The molecule has 0 fully saturated rings. The average Bonchev–Trinajstić information content (AvgIpc) is 2.80. The fraction of sp³-hybridized carbons (Fsp3) is 0.500. The zero-order valence-corrected chi connectivity index (χ0v) is 23.9. The minimum absolute atomic E-state index is 0.0993. The van der Waals surface area contributed by atoms with Crippen LogP contribution >= 0.6 is 0 Å². The lowest BCUT2D eigenvalue weighted by atomic mass is 10.1. The Balaban J connectivity index is 2.17. The van der Waals surface area contributed by atoms with Gasteiger partial charge in [-0.1, -0.05) is 29.8 Å². The molecule has 2 rings (SSSR count). The summed E-state index contributed by atoms with van der Waals surface area (Å²) >= 11 is 0. The summed E-state index contributed by atoms with van der Waals surface area (Å²) in [6.45, 7) is 12.2. The molecule has 2 aromatic carbocycles. The van der Waals surface area contributed by atoms with E-state index >= 15 is 0 Å². The summed E-state index contributed by atoms with van der Waals surface area (Å²) in [5.74, 6) is 0.210. The first-order chi connectivity index (χ1) is 17.2. The van der Waals surface area contributed by atoms with Crippen molar-refractivity contribution in [3.63, 3.8) is 0 Å². The molecule has 1 N–H and O–H groups in total. The van der Waals surface area contributed by atoms with Gasteiger partial charge in [-0.25, -0.2) is 8.42 Å². The molecule has 0 saturated heterocycles. The fourth-order valence-electron chi connectivity index (χ4n) is 3.83. The number of aryl methyl sites for hydroxylation is 1. The van der Waals surface area contributed by atoms with Crippen LogP contribution in [0.5, 0.6) is 5.75 Å². The van der Waals surface area contributed by atoms with Crippen LogP contribution in [0.2, 0.25) is 0 Å². The number of nitrogens with zero attached hydrogens (tertiary/aromatic N) is 2. The second kappa shape index (κ2) is 12.9. The van der Waals surface area contributed by atoms with E-state index in [0.29, 0.717) is 24.5 Å². The SMILES string of the molecule is CCOc1ccc(N(CCCC(=O)N(Cc2ccc(C)cc2)[C@@H](C)C(=O)NC(C)(C)C)S(C)(=O)=O)cc1. The molecule has 0 aliphatic carbocycles. The Morgan fingerprint density at radius 2 is 1.62 bits per heavy atom. The van der Waals surface area contributed by atoms with Gasteiger partial charge in [0.05, 0.1) is 18.6 Å². The fourth-order valence-corrected chi connectivity index (χ4v) is 4.79. The molecular formula is C28H41N3O5S. The minimum atomic E-state index is -3.56. The standard InChI is InChI=1S/C28H41N3O5S/c1-8-36-25-17-15-24(16-18-25)31(37(7,34)35)19-9-10-26(32)30(20-23-13-11-21(2)12-14-23)22(3)27(33)29-28(4,5)6/h11-18,22H,8-10,19-20H2,1-7H3,(H,29,33)/t22-/m0/s1. The monoisotopic (exact) mass is 531 g/mol. The molecule has 0 unspecified atom stereocenters. The molecule has 2 amide bonds.